The zero-order chi connectivity index (χ0) is 18.2. The van der Waals surface area contributed by atoms with E-state index >= 15 is 0 Å². The average Bonchev–Trinajstić information content (AvgIpc) is 2.69. The summed E-state index contributed by atoms with van der Waals surface area (Å²) < 4.78 is 0. The molecule has 0 atom stereocenters. The minimum atomic E-state index is 0.637. The number of hydrogen-bond donors (Lipinski definition) is 0. The molecule has 0 amide bonds. The molecule has 3 rings (SSSR count). The highest BCUT2D eigenvalue weighted by Gasteiger charge is 2.30. The van der Waals surface area contributed by atoms with Crippen LogP contribution in [0.4, 0.5) is 0 Å². The highest BCUT2D eigenvalue weighted by Crippen LogP contribution is 2.42. The van der Waals surface area contributed by atoms with E-state index in [9.17, 15) is 0 Å². The highest BCUT2D eigenvalue weighted by atomic mass is 14.3. The third-order valence-electron chi connectivity index (χ3n) is 6.94. The molecule has 0 saturated heterocycles. The first-order valence-corrected chi connectivity index (χ1v) is 11.4. The Kier molecular flexibility index (Phi) is 7.67. The summed E-state index contributed by atoms with van der Waals surface area (Å²) in [5, 5.41) is 0. The first-order chi connectivity index (χ1) is 12.8. The fraction of sp³-hybridized carbons (Fsp3) is 0.692. The van der Waals surface area contributed by atoms with E-state index in [2.05, 4.69) is 50.0 Å². The number of rotatable bonds is 5. The quantitative estimate of drug-likeness (QED) is 0.485. The summed E-state index contributed by atoms with van der Waals surface area (Å²) in [6.45, 7) is 4.58. The Morgan fingerprint density at radius 1 is 0.769 bits per heavy atom. The summed E-state index contributed by atoms with van der Waals surface area (Å²) in [4.78, 5) is 0. The maximum absolute atomic E-state index is 3.59. The van der Waals surface area contributed by atoms with E-state index in [-0.39, 0.29) is 0 Å². The van der Waals surface area contributed by atoms with Gasteiger partial charge in [0.25, 0.3) is 0 Å². The molecule has 0 aromatic heterocycles. The molecule has 0 unspecified atom stereocenters. The van der Waals surface area contributed by atoms with Crippen molar-refractivity contribution < 1.29 is 0 Å². The van der Waals surface area contributed by atoms with Crippen LogP contribution in [0.2, 0.25) is 0 Å². The van der Waals surface area contributed by atoms with E-state index in [1.165, 1.54) is 88.2 Å². The molecule has 0 heteroatoms. The Balaban J connectivity index is 1.43. The van der Waals surface area contributed by atoms with Gasteiger partial charge in [-0.1, -0.05) is 69.9 Å². The monoisotopic (exact) mass is 350 g/mol. The first kappa shape index (κ1) is 19.5. The molecular formula is C26H38. The molecule has 1 aromatic carbocycles. The lowest BCUT2D eigenvalue weighted by Crippen LogP contribution is -2.25. The van der Waals surface area contributed by atoms with Gasteiger partial charge in [0.1, 0.15) is 0 Å². The van der Waals surface area contributed by atoms with Gasteiger partial charge >= 0.3 is 0 Å². The van der Waals surface area contributed by atoms with E-state index in [1.54, 1.807) is 0 Å². The summed E-state index contributed by atoms with van der Waals surface area (Å²) in [5.74, 6) is 10.7. The Labute approximate surface area is 162 Å². The van der Waals surface area contributed by atoms with Crippen LogP contribution in [0.3, 0.4) is 0 Å². The van der Waals surface area contributed by atoms with Crippen LogP contribution in [0.1, 0.15) is 95.6 Å². The predicted molar refractivity (Wildman–Crippen MR) is 113 cm³/mol. The zero-order valence-corrected chi connectivity index (χ0v) is 17.1. The van der Waals surface area contributed by atoms with E-state index in [0.29, 0.717) is 5.92 Å². The Morgan fingerprint density at radius 3 is 1.96 bits per heavy atom. The molecule has 0 nitrogen and oxygen atoms in total. The number of aryl methyl sites for hydroxylation is 1. The zero-order valence-electron chi connectivity index (χ0n) is 17.1. The molecule has 0 radical (unpaired) electrons. The maximum atomic E-state index is 3.59. The van der Waals surface area contributed by atoms with Crippen molar-refractivity contribution in [2.75, 3.05) is 0 Å². The Hall–Kier alpha value is -1.22. The van der Waals surface area contributed by atoms with Crippen molar-refractivity contribution in [3.8, 4) is 11.8 Å². The first-order valence-electron chi connectivity index (χ1n) is 11.4. The smallest absolute Gasteiger partial charge is 0.0245 e. The summed E-state index contributed by atoms with van der Waals surface area (Å²) in [6.07, 6.45) is 16.8. The van der Waals surface area contributed by atoms with Crippen LogP contribution in [0.25, 0.3) is 0 Å². The van der Waals surface area contributed by atoms with Gasteiger partial charge in [0.2, 0.25) is 0 Å². The van der Waals surface area contributed by atoms with Crippen molar-refractivity contribution in [1.82, 2.24) is 0 Å². The highest BCUT2D eigenvalue weighted by molar-refractivity contribution is 5.36. The van der Waals surface area contributed by atoms with Gasteiger partial charge in [0.05, 0.1) is 0 Å². The normalized spacial score (nSPS) is 29.0. The molecule has 2 aliphatic carbocycles. The summed E-state index contributed by atoms with van der Waals surface area (Å²) in [6, 6.07) is 8.91. The van der Waals surface area contributed by atoms with Gasteiger partial charge < -0.3 is 0 Å². The lowest BCUT2D eigenvalue weighted by atomic mass is 9.69. The standard InChI is InChI=1S/C26H38/c1-3-5-21-7-9-23(10-8-21)11-12-24-15-19-26(20-16-24)25-17-13-22(6-4-2)14-18-25/h7-10,22,24-26H,3-6,13-20H2,1-2H3/t22-,24-,25-,26-. The average molecular weight is 351 g/mol. The largest absolute Gasteiger partial charge is 0.0945 e. The van der Waals surface area contributed by atoms with Gasteiger partial charge in [0.15, 0.2) is 0 Å². The lowest BCUT2D eigenvalue weighted by molar-refractivity contribution is 0.154. The second-order valence-corrected chi connectivity index (χ2v) is 8.90. The van der Waals surface area contributed by atoms with Crippen molar-refractivity contribution in [3.05, 3.63) is 35.4 Å². The molecule has 0 aliphatic heterocycles. The minimum Gasteiger partial charge on any atom is -0.0945 e. The molecule has 142 valence electrons. The molecule has 0 spiro atoms. The summed E-state index contributed by atoms with van der Waals surface area (Å²) in [5.41, 5.74) is 2.63. The van der Waals surface area contributed by atoms with Crippen molar-refractivity contribution in [1.29, 1.82) is 0 Å². The van der Waals surface area contributed by atoms with Gasteiger partial charge in [-0.25, -0.2) is 0 Å². The Bertz CT molecular complexity index is 569. The van der Waals surface area contributed by atoms with Gasteiger partial charge in [-0.2, -0.15) is 0 Å². The molecule has 2 aliphatic rings. The van der Waals surface area contributed by atoms with E-state index in [0.717, 1.165) is 17.8 Å². The van der Waals surface area contributed by atoms with E-state index in [4.69, 9.17) is 0 Å². The predicted octanol–water partition coefficient (Wildman–Crippen LogP) is 7.40. The second-order valence-electron chi connectivity index (χ2n) is 8.90. The molecule has 0 N–H and O–H groups in total. The fourth-order valence-corrected chi connectivity index (χ4v) is 5.32. The van der Waals surface area contributed by atoms with Gasteiger partial charge in [-0.05, 0) is 80.4 Å². The third-order valence-corrected chi connectivity index (χ3v) is 6.94. The van der Waals surface area contributed by atoms with Crippen LogP contribution in [0, 0.1) is 35.5 Å². The van der Waals surface area contributed by atoms with Gasteiger partial charge in [-0.3, -0.25) is 0 Å². The molecule has 2 saturated carbocycles. The van der Waals surface area contributed by atoms with Crippen molar-refractivity contribution >= 4 is 0 Å². The van der Waals surface area contributed by atoms with Crippen molar-refractivity contribution in [2.45, 2.75) is 90.9 Å². The van der Waals surface area contributed by atoms with Crippen LogP contribution < -0.4 is 0 Å². The maximum Gasteiger partial charge on any atom is 0.0245 e. The molecule has 26 heavy (non-hydrogen) atoms. The third kappa shape index (κ3) is 5.64. The topological polar surface area (TPSA) is 0 Å². The van der Waals surface area contributed by atoms with Crippen LogP contribution in [0.15, 0.2) is 24.3 Å². The molecular weight excluding hydrogens is 312 g/mol. The number of benzene rings is 1. The van der Waals surface area contributed by atoms with Crippen molar-refractivity contribution in [2.24, 2.45) is 23.7 Å². The van der Waals surface area contributed by atoms with E-state index < -0.39 is 0 Å². The van der Waals surface area contributed by atoms with Gasteiger partial charge in [-0.15, -0.1) is 0 Å². The minimum absolute atomic E-state index is 0.637. The second kappa shape index (κ2) is 10.2. The van der Waals surface area contributed by atoms with Crippen LogP contribution in [-0.2, 0) is 6.42 Å². The van der Waals surface area contributed by atoms with Crippen LogP contribution in [0.5, 0.6) is 0 Å². The van der Waals surface area contributed by atoms with E-state index in [1.807, 2.05) is 0 Å². The molecule has 0 heterocycles. The molecule has 0 bridgehead atoms. The van der Waals surface area contributed by atoms with Gasteiger partial charge in [0, 0.05) is 11.5 Å². The van der Waals surface area contributed by atoms with Crippen molar-refractivity contribution in [3.63, 3.8) is 0 Å². The summed E-state index contributed by atoms with van der Waals surface area (Å²) >= 11 is 0. The number of hydrogen-bond acceptors (Lipinski definition) is 0. The van der Waals surface area contributed by atoms with Crippen LogP contribution >= 0.6 is 0 Å². The molecule has 2 fully saturated rings. The fourth-order valence-electron chi connectivity index (χ4n) is 5.32. The Morgan fingerprint density at radius 2 is 1.38 bits per heavy atom. The van der Waals surface area contributed by atoms with Crippen LogP contribution in [-0.4, -0.2) is 0 Å². The lowest BCUT2D eigenvalue weighted by Gasteiger charge is -2.37. The SMILES string of the molecule is CCCc1ccc(C#C[C@H]2CC[C@H]([C@H]3CC[C@H](CCC)CC3)CC2)cc1. The molecule has 1 aromatic rings. The summed E-state index contributed by atoms with van der Waals surface area (Å²) in [7, 11) is 0.